The first-order valence-electron chi connectivity index (χ1n) is 6.79. The first-order chi connectivity index (χ1) is 10.0. The molecular weight excluding hydrogens is 346 g/mol. The monoisotopic (exact) mass is 362 g/mol. The molecular formula is C14H17BrF2N2O2. The summed E-state index contributed by atoms with van der Waals surface area (Å²) in [5.41, 5.74) is 0.0500. The summed E-state index contributed by atoms with van der Waals surface area (Å²) in [5, 5.41) is 0. The number of piperazine rings is 1. The van der Waals surface area contributed by atoms with Gasteiger partial charge in [0, 0.05) is 38.3 Å². The molecule has 116 valence electrons. The second-order valence-corrected chi connectivity index (χ2v) is 5.64. The zero-order chi connectivity index (χ0) is 15.4. The third kappa shape index (κ3) is 3.91. The van der Waals surface area contributed by atoms with Crippen molar-refractivity contribution < 1.29 is 18.3 Å². The Morgan fingerprint density at radius 2 is 1.95 bits per heavy atom. The molecule has 0 bridgehead atoms. The van der Waals surface area contributed by atoms with Crippen molar-refractivity contribution in [1.29, 1.82) is 0 Å². The highest BCUT2D eigenvalue weighted by Gasteiger charge is 2.23. The van der Waals surface area contributed by atoms with Crippen LogP contribution in [0.1, 0.15) is 12.5 Å². The number of carbonyl (C=O) groups excluding carboxylic acids is 1. The molecule has 0 saturated carbocycles. The summed E-state index contributed by atoms with van der Waals surface area (Å²) in [6, 6.07) is 2.60. The number of ether oxygens (including phenoxy) is 1. The molecule has 0 radical (unpaired) electrons. The highest BCUT2D eigenvalue weighted by Crippen LogP contribution is 2.23. The molecule has 7 heteroatoms. The van der Waals surface area contributed by atoms with Crippen molar-refractivity contribution in [3.05, 3.63) is 33.8 Å². The Hall–Kier alpha value is -1.21. The van der Waals surface area contributed by atoms with Crippen LogP contribution in [0, 0.1) is 11.6 Å². The van der Waals surface area contributed by atoms with Gasteiger partial charge in [-0.1, -0.05) is 0 Å². The minimum Gasteiger partial charge on any atom is -0.450 e. The van der Waals surface area contributed by atoms with Crippen LogP contribution in [0.15, 0.2) is 16.6 Å². The highest BCUT2D eigenvalue weighted by molar-refractivity contribution is 9.10. The summed E-state index contributed by atoms with van der Waals surface area (Å²) in [6.07, 6.45) is -0.336. The number of benzene rings is 1. The number of hydrogen-bond donors (Lipinski definition) is 0. The van der Waals surface area contributed by atoms with Crippen molar-refractivity contribution in [2.24, 2.45) is 0 Å². The van der Waals surface area contributed by atoms with E-state index in [-0.39, 0.29) is 22.7 Å². The van der Waals surface area contributed by atoms with Gasteiger partial charge >= 0.3 is 6.09 Å². The Labute approximate surface area is 130 Å². The minimum atomic E-state index is -0.567. The van der Waals surface area contributed by atoms with E-state index in [2.05, 4.69) is 15.9 Å². The maximum atomic E-state index is 13.9. The lowest BCUT2D eigenvalue weighted by Crippen LogP contribution is -2.48. The van der Waals surface area contributed by atoms with Crippen LogP contribution >= 0.6 is 15.9 Å². The van der Waals surface area contributed by atoms with Crippen molar-refractivity contribution in [1.82, 2.24) is 9.80 Å². The summed E-state index contributed by atoms with van der Waals surface area (Å²) < 4.78 is 32.8. The number of carbonyl (C=O) groups is 1. The minimum absolute atomic E-state index is 0.0500. The van der Waals surface area contributed by atoms with Crippen LogP contribution in [0.5, 0.6) is 0 Å². The van der Waals surface area contributed by atoms with Crippen molar-refractivity contribution >= 4 is 22.0 Å². The van der Waals surface area contributed by atoms with Gasteiger partial charge in [-0.2, -0.15) is 0 Å². The third-order valence-electron chi connectivity index (χ3n) is 3.42. The maximum Gasteiger partial charge on any atom is 0.409 e. The molecule has 1 fully saturated rings. The van der Waals surface area contributed by atoms with Gasteiger partial charge in [0.25, 0.3) is 0 Å². The number of halogens is 3. The van der Waals surface area contributed by atoms with E-state index < -0.39 is 11.6 Å². The molecule has 4 nitrogen and oxygen atoms in total. The second-order valence-electron chi connectivity index (χ2n) is 4.78. The molecule has 1 aromatic rings. The van der Waals surface area contributed by atoms with Gasteiger partial charge in [-0.25, -0.2) is 13.6 Å². The van der Waals surface area contributed by atoms with Crippen molar-refractivity contribution in [2.75, 3.05) is 32.8 Å². The average molecular weight is 363 g/mol. The summed E-state index contributed by atoms with van der Waals surface area (Å²) in [5.74, 6) is -1.12. The summed E-state index contributed by atoms with van der Waals surface area (Å²) in [7, 11) is 0. The molecule has 0 spiro atoms. The van der Waals surface area contributed by atoms with Crippen LogP contribution < -0.4 is 0 Å². The van der Waals surface area contributed by atoms with Gasteiger partial charge in [0.2, 0.25) is 0 Å². The summed E-state index contributed by atoms with van der Waals surface area (Å²) >= 11 is 3.06. The van der Waals surface area contributed by atoms with Crippen LogP contribution in [0.4, 0.5) is 13.6 Å². The van der Waals surface area contributed by atoms with Gasteiger partial charge in [-0.15, -0.1) is 0 Å². The zero-order valence-electron chi connectivity index (χ0n) is 11.7. The average Bonchev–Trinajstić information content (AvgIpc) is 2.48. The first-order valence-corrected chi connectivity index (χ1v) is 7.58. The van der Waals surface area contributed by atoms with E-state index in [0.717, 1.165) is 0 Å². The Morgan fingerprint density at radius 1 is 1.29 bits per heavy atom. The Kier molecular flexibility index (Phi) is 5.52. The topological polar surface area (TPSA) is 32.8 Å². The zero-order valence-corrected chi connectivity index (χ0v) is 13.3. The molecule has 2 rings (SSSR count). The van der Waals surface area contributed by atoms with Crippen LogP contribution in [-0.4, -0.2) is 48.7 Å². The second kappa shape index (κ2) is 7.17. The van der Waals surface area contributed by atoms with E-state index in [1.54, 1.807) is 11.8 Å². The molecule has 1 amide bonds. The number of nitrogens with zero attached hydrogens (tertiary/aromatic N) is 2. The molecule has 1 aliphatic rings. The van der Waals surface area contributed by atoms with E-state index >= 15 is 0 Å². The van der Waals surface area contributed by atoms with Crippen LogP contribution in [0.3, 0.4) is 0 Å². The van der Waals surface area contributed by atoms with Gasteiger partial charge < -0.3 is 9.64 Å². The number of hydrogen-bond acceptors (Lipinski definition) is 3. The van der Waals surface area contributed by atoms with E-state index in [1.165, 1.54) is 12.1 Å². The number of amides is 1. The van der Waals surface area contributed by atoms with Gasteiger partial charge in [0.15, 0.2) is 0 Å². The first kappa shape index (κ1) is 16.2. The summed E-state index contributed by atoms with van der Waals surface area (Å²) in [6.45, 7) is 4.40. The summed E-state index contributed by atoms with van der Waals surface area (Å²) in [4.78, 5) is 15.1. The molecule has 0 unspecified atom stereocenters. The Morgan fingerprint density at radius 3 is 2.57 bits per heavy atom. The predicted octanol–water partition coefficient (Wildman–Crippen LogP) is 3.00. The van der Waals surface area contributed by atoms with Crippen molar-refractivity contribution in [3.8, 4) is 0 Å². The largest absolute Gasteiger partial charge is 0.450 e. The van der Waals surface area contributed by atoms with Gasteiger partial charge in [0.05, 0.1) is 11.1 Å². The van der Waals surface area contributed by atoms with Gasteiger partial charge in [0.1, 0.15) is 11.6 Å². The third-order valence-corrected chi connectivity index (χ3v) is 4.03. The van der Waals surface area contributed by atoms with Crippen LogP contribution in [0.2, 0.25) is 0 Å². The van der Waals surface area contributed by atoms with Crippen molar-refractivity contribution in [2.45, 2.75) is 13.5 Å². The van der Waals surface area contributed by atoms with Crippen LogP contribution in [-0.2, 0) is 11.3 Å². The highest BCUT2D eigenvalue weighted by atomic mass is 79.9. The molecule has 0 N–H and O–H groups in total. The Bertz CT molecular complexity index is 520. The lowest BCUT2D eigenvalue weighted by Gasteiger charge is -2.34. The standard InChI is InChI=1S/C14H17BrF2N2O2/c1-2-21-14(20)19-7-5-18(6-8-19)9-10-12(16)4-3-11(15)13(10)17/h3-4H,2,5-9H2,1H3. The molecule has 0 atom stereocenters. The molecule has 1 aliphatic heterocycles. The van der Waals surface area contributed by atoms with Crippen LogP contribution in [0.25, 0.3) is 0 Å². The molecule has 1 heterocycles. The lowest BCUT2D eigenvalue weighted by atomic mass is 10.1. The van der Waals surface area contributed by atoms with E-state index in [1.807, 2.05) is 4.90 Å². The van der Waals surface area contributed by atoms with E-state index in [4.69, 9.17) is 4.74 Å². The fraction of sp³-hybridized carbons (Fsp3) is 0.500. The normalized spacial score (nSPS) is 16.1. The molecule has 21 heavy (non-hydrogen) atoms. The van der Waals surface area contributed by atoms with E-state index in [0.29, 0.717) is 32.8 Å². The lowest BCUT2D eigenvalue weighted by molar-refractivity contribution is 0.0772. The number of rotatable bonds is 3. The SMILES string of the molecule is CCOC(=O)N1CCN(Cc2c(F)ccc(Br)c2F)CC1. The Balaban J connectivity index is 1.95. The smallest absolute Gasteiger partial charge is 0.409 e. The molecule has 0 aromatic heterocycles. The quantitative estimate of drug-likeness (QED) is 0.775. The van der Waals surface area contributed by atoms with Crippen molar-refractivity contribution in [3.63, 3.8) is 0 Å². The van der Waals surface area contributed by atoms with Gasteiger partial charge in [-0.3, -0.25) is 4.90 Å². The maximum absolute atomic E-state index is 13.9. The fourth-order valence-corrected chi connectivity index (χ4v) is 2.61. The molecule has 1 saturated heterocycles. The fourth-order valence-electron chi connectivity index (χ4n) is 2.24. The van der Waals surface area contributed by atoms with E-state index in [9.17, 15) is 13.6 Å². The van der Waals surface area contributed by atoms with Gasteiger partial charge in [-0.05, 0) is 35.0 Å². The molecule has 0 aliphatic carbocycles. The predicted molar refractivity (Wildman–Crippen MR) is 77.9 cm³/mol. The molecule has 1 aromatic carbocycles.